The zero-order valence-corrected chi connectivity index (χ0v) is 8.87. The highest BCUT2D eigenvalue weighted by atomic mass is 16.5. The van der Waals surface area contributed by atoms with Crippen molar-refractivity contribution in [2.45, 2.75) is 31.7 Å². The summed E-state index contributed by atoms with van der Waals surface area (Å²) in [5.41, 5.74) is 5.47. The molecule has 0 heterocycles. The average molecular weight is 200 g/mol. The van der Waals surface area contributed by atoms with Crippen LogP contribution in [0.25, 0.3) is 0 Å². The smallest absolute Gasteiger partial charge is 0.222 e. The van der Waals surface area contributed by atoms with E-state index in [1.54, 1.807) is 7.11 Å². The zero-order valence-electron chi connectivity index (χ0n) is 8.87. The average Bonchev–Trinajstić information content (AvgIpc) is 2.98. The van der Waals surface area contributed by atoms with Gasteiger partial charge in [-0.05, 0) is 19.3 Å². The molecule has 0 aromatic rings. The van der Waals surface area contributed by atoms with Crippen LogP contribution in [0.2, 0.25) is 0 Å². The Hall–Kier alpha value is -0.610. The lowest BCUT2D eigenvalue weighted by molar-refractivity contribution is -0.132. The Balaban J connectivity index is 2.23. The molecule has 1 rings (SSSR count). The minimum absolute atomic E-state index is 0.231. The van der Waals surface area contributed by atoms with Crippen LogP contribution in [0, 0.1) is 0 Å². The molecule has 1 amide bonds. The van der Waals surface area contributed by atoms with Crippen LogP contribution >= 0.6 is 0 Å². The summed E-state index contributed by atoms with van der Waals surface area (Å²) >= 11 is 0. The number of rotatable bonds is 7. The molecule has 1 fully saturated rings. The number of carbonyl (C=O) groups is 1. The van der Waals surface area contributed by atoms with Gasteiger partial charge in [0, 0.05) is 39.3 Å². The van der Waals surface area contributed by atoms with E-state index in [4.69, 9.17) is 10.5 Å². The molecule has 14 heavy (non-hydrogen) atoms. The van der Waals surface area contributed by atoms with Crippen LogP contribution in [0.5, 0.6) is 0 Å². The fourth-order valence-corrected chi connectivity index (χ4v) is 1.55. The standard InChI is InChI=1S/C10H20N2O2/c1-14-8-2-3-10(13)12(7-6-11)9-4-5-9/h9H,2-8,11H2,1H3. The van der Waals surface area contributed by atoms with Crippen LogP contribution in [-0.2, 0) is 9.53 Å². The van der Waals surface area contributed by atoms with Crippen molar-refractivity contribution in [2.24, 2.45) is 5.73 Å². The fraction of sp³-hybridized carbons (Fsp3) is 0.900. The van der Waals surface area contributed by atoms with Crippen molar-refractivity contribution in [3.05, 3.63) is 0 Å². The highest BCUT2D eigenvalue weighted by Gasteiger charge is 2.31. The maximum atomic E-state index is 11.7. The molecule has 1 aliphatic rings. The Labute approximate surface area is 85.4 Å². The van der Waals surface area contributed by atoms with Gasteiger partial charge in [0.1, 0.15) is 0 Å². The second-order valence-electron chi connectivity index (χ2n) is 3.70. The highest BCUT2D eigenvalue weighted by Crippen LogP contribution is 2.27. The van der Waals surface area contributed by atoms with Gasteiger partial charge in [-0.15, -0.1) is 0 Å². The molecule has 82 valence electrons. The molecular weight excluding hydrogens is 180 g/mol. The first-order valence-corrected chi connectivity index (χ1v) is 5.28. The maximum absolute atomic E-state index is 11.7. The van der Waals surface area contributed by atoms with E-state index in [1.165, 1.54) is 0 Å². The van der Waals surface area contributed by atoms with Crippen molar-refractivity contribution in [1.82, 2.24) is 4.90 Å². The molecule has 4 nitrogen and oxygen atoms in total. The molecule has 1 saturated carbocycles. The van der Waals surface area contributed by atoms with Gasteiger partial charge in [0.2, 0.25) is 5.91 Å². The van der Waals surface area contributed by atoms with Crippen LogP contribution in [0.15, 0.2) is 0 Å². The van der Waals surface area contributed by atoms with Crippen LogP contribution in [0.1, 0.15) is 25.7 Å². The third kappa shape index (κ3) is 3.64. The highest BCUT2D eigenvalue weighted by molar-refractivity contribution is 5.76. The number of methoxy groups -OCH3 is 1. The fourth-order valence-electron chi connectivity index (χ4n) is 1.55. The van der Waals surface area contributed by atoms with E-state index in [0.717, 1.165) is 19.3 Å². The summed E-state index contributed by atoms with van der Waals surface area (Å²) in [5, 5.41) is 0. The van der Waals surface area contributed by atoms with Crippen LogP contribution in [-0.4, -0.2) is 43.7 Å². The summed E-state index contributed by atoms with van der Waals surface area (Å²) in [6.45, 7) is 1.93. The molecule has 4 heteroatoms. The minimum Gasteiger partial charge on any atom is -0.385 e. The monoisotopic (exact) mass is 200 g/mol. The van der Waals surface area contributed by atoms with E-state index in [-0.39, 0.29) is 5.91 Å². The number of carbonyl (C=O) groups excluding carboxylic acids is 1. The number of amides is 1. The Morgan fingerprint density at radius 3 is 2.79 bits per heavy atom. The normalized spacial score (nSPS) is 15.6. The second-order valence-corrected chi connectivity index (χ2v) is 3.70. The molecule has 1 aliphatic carbocycles. The summed E-state index contributed by atoms with van der Waals surface area (Å²) in [4.78, 5) is 13.6. The Bertz CT molecular complexity index is 181. The van der Waals surface area contributed by atoms with Crippen molar-refractivity contribution >= 4 is 5.91 Å². The van der Waals surface area contributed by atoms with Gasteiger partial charge in [-0.3, -0.25) is 4.79 Å². The number of ether oxygens (including phenoxy) is 1. The topological polar surface area (TPSA) is 55.6 Å². The van der Waals surface area contributed by atoms with E-state index in [2.05, 4.69) is 0 Å². The number of hydrogen-bond acceptors (Lipinski definition) is 3. The lowest BCUT2D eigenvalue weighted by atomic mass is 10.2. The van der Waals surface area contributed by atoms with E-state index < -0.39 is 0 Å². The summed E-state index contributed by atoms with van der Waals surface area (Å²) < 4.78 is 4.91. The van der Waals surface area contributed by atoms with Gasteiger partial charge < -0.3 is 15.4 Å². The summed E-state index contributed by atoms with van der Waals surface area (Å²) in [6, 6.07) is 0.480. The number of nitrogens with two attached hydrogens (primary N) is 1. The molecule has 2 N–H and O–H groups in total. The first-order valence-electron chi connectivity index (χ1n) is 5.28. The first-order chi connectivity index (χ1) is 6.79. The van der Waals surface area contributed by atoms with Gasteiger partial charge in [-0.1, -0.05) is 0 Å². The Kier molecular flexibility index (Phi) is 4.90. The van der Waals surface area contributed by atoms with Gasteiger partial charge in [0.15, 0.2) is 0 Å². The minimum atomic E-state index is 0.231. The van der Waals surface area contributed by atoms with Crippen molar-refractivity contribution in [1.29, 1.82) is 0 Å². The predicted octanol–water partition coefficient (Wildman–Crippen LogP) is 0.363. The SMILES string of the molecule is COCCCC(=O)N(CCN)C1CC1. The molecule has 0 aliphatic heterocycles. The van der Waals surface area contributed by atoms with E-state index in [9.17, 15) is 4.79 Å². The predicted molar refractivity (Wildman–Crippen MR) is 54.9 cm³/mol. The maximum Gasteiger partial charge on any atom is 0.222 e. The van der Waals surface area contributed by atoms with Gasteiger partial charge in [-0.25, -0.2) is 0 Å². The quantitative estimate of drug-likeness (QED) is 0.604. The van der Waals surface area contributed by atoms with Crippen molar-refractivity contribution in [3.63, 3.8) is 0 Å². The zero-order chi connectivity index (χ0) is 10.4. The van der Waals surface area contributed by atoms with Crippen LogP contribution in [0.3, 0.4) is 0 Å². The van der Waals surface area contributed by atoms with E-state index >= 15 is 0 Å². The largest absolute Gasteiger partial charge is 0.385 e. The van der Waals surface area contributed by atoms with Crippen molar-refractivity contribution < 1.29 is 9.53 Å². The van der Waals surface area contributed by atoms with E-state index in [1.807, 2.05) is 4.90 Å². The van der Waals surface area contributed by atoms with Gasteiger partial charge in [0.25, 0.3) is 0 Å². The van der Waals surface area contributed by atoms with Crippen LogP contribution < -0.4 is 5.73 Å². The number of hydrogen-bond donors (Lipinski definition) is 1. The summed E-state index contributed by atoms with van der Waals surface area (Å²) in [5.74, 6) is 0.231. The summed E-state index contributed by atoms with van der Waals surface area (Å²) in [6.07, 6.45) is 3.69. The number of nitrogens with zero attached hydrogens (tertiary/aromatic N) is 1. The molecule has 0 radical (unpaired) electrons. The molecule has 0 aromatic heterocycles. The lowest BCUT2D eigenvalue weighted by Gasteiger charge is -2.21. The first kappa shape index (κ1) is 11.5. The van der Waals surface area contributed by atoms with Crippen molar-refractivity contribution in [3.8, 4) is 0 Å². The third-order valence-corrected chi connectivity index (χ3v) is 2.42. The molecule has 0 unspecified atom stereocenters. The molecular formula is C10H20N2O2. The lowest BCUT2D eigenvalue weighted by Crippen LogP contribution is -2.37. The Morgan fingerprint density at radius 2 is 2.29 bits per heavy atom. The molecule has 0 aromatic carbocycles. The van der Waals surface area contributed by atoms with Gasteiger partial charge >= 0.3 is 0 Å². The molecule has 0 atom stereocenters. The van der Waals surface area contributed by atoms with Crippen molar-refractivity contribution in [2.75, 3.05) is 26.8 Å². The Morgan fingerprint density at radius 1 is 1.57 bits per heavy atom. The molecule has 0 bridgehead atoms. The molecule has 0 spiro atoms. The second kappa shape index (κ2) is 5.98. The molecule has 0 saturated heterocycles. The third-order valence-electron chi connectivity index (χ3n) is 2.42. The van der Waals surface area contributed by atoms with E-state index in [0.29, 0.717) is 32.2 Å². The van der Waals surface area contributed by atoms with Crippen LogP contribution in [0.4, 0.5) is 0 Å². The van der Waals surface area contributed by atoms with Gasteiger partial charge in [-0.2, -0.15) is 0 Å². The van der Waals surface area contributed by atoms with Gasteiger partial charge in [0.05, 0.1) is 0 Å². The summed E-state index contributed by atoms with van der Waals surface area (Å²) in [7, 11) is 1.66.